The molecule has 102 valence electrons. The SMILES string of the molecule is CC1=C(c2ccc(C)c(C)c2C)c2ccccc2C1C. The Morgan fingerprint density at radius 1 is 0.750 bits per heavy atom. The van der Waals surface area contributed by atoms with Crippen LogP contribution in [-0.2, 0) is 0 Å². The summed E-state index contributed by atoms with van der Waals surface area (Å²) in [6, 6.07) is 13.4. The maximum Gasteiger partial charge on any atom is 0.00326 e. The highest BCUT2D eigenvalue weighted by Gasteiger charge is 2.26. The molecule has 0 bridgehead atoms. The summed E-state index contributed by atoms with van der Waals surface area (Å²) >= 11 is 0. The molecule has 2 aromatic carbocycles. The van der Waals surface area contributed by atoms with Crippen LogP contribution in [0.5, 0.6) is 0 Å². The molecule has 0 aromatic heterocycles. The van der Waals surface area contributed by atoms with Gasteiger partial charge in [0.15, 0.2) is 0 Å². The first kappa shape index (κ1) is 13.2. The summed E-state index contributed by atoms with van der Waals surface area (Å²) < 4.78 is 0. The summed E-state index contributed by atoms with van der Waals surface area (Å²) in [5.74, 6) is 0.530. The lowest BCUT2D eigenvalue weighted by Gasteiger charge is -2.14. The minimum atomic E-state index is 0.530. The fourth-order valence-corrected chi connectivity index (χ4v) is 3.35. The van der Waals surface area contributed by atoms with Gasteiger partial charge in [-0.1, -0.05) is 48.9 Å². The first-order valence-corrected chi connectivity index (χ1v) is 7.39. The number of hydrogen-bond donors (Lipinski definition) is 0. The van der Waals surface area contributed by atoms with Gasteiger partial charge in [0.05, 0.1) is 0 Å². The molecule has 0 nitrogen and oxygen atoms in total. The van der Waals surface area contributed by atoms with E-state index in [-0.39, 0.29) is 0 Å². The van der Waals surface area contributed by atoms with E-state index in [0.29, 0.717) is 5.92 Å². The van der Waals surface area contributed by atoms with Gasteiger partial charge < -0.3 is 0 Å². The number of allylic oxidation sites excluding steroid dienone is 1. The van der Waals surface area contributed by atoms with E-state index in [1.54, 1.807) is 0 Å². The quantitative estimate of drug-likeness (QED) is 0.632. The van der Waals surface area contributed by atoms with E-state index in [2.05, 4.69) is 71.0 Å². The maximum absolute atomic E-state index is 2.32. The Kier molecular flexibility index (Phi) is 3.05. The zero-order valence-electron chi connectivity index (χ0n) is 13.0. The fourth-order valence-electron chi connectivity index (χ4n) is 3.35. The molecule has 0 spiro atoms. The van der Waals surface area contributed by atoms with Crippen molar-refractivity contribution in [3.8, 4) is 0 Å². The van der Waals surface area contributed by atoms with Gasteiger partial charge in [0.2, 0.25) is 0 Å². The van der Waals surface area contributed by atoms with Gasteiger partial charge in [0.1, 0.15) is 0 Å². The average Bonchev–Trinajstić information content (AvgIpc) is 2.70. The summed E-state index contributed by atoms with van der Waals surface area (Å²) in [5.41, 5.74) is 11.5. The van der Waals surface area contributed by atoms with Gasteiger partial charge in [-0.15, -0.1) is 0 Å². The Morgan fingerprint density at radius 2 is 1.45 bits per heavy atom. The van der Waals surface area contributed by atoms with Gasteiger partial charge in [-0.3, -0.25) is 0 Å². The van der Waals surface area contributed by atoms with E-state index in [4.69, 9.17) is 0 Å². The molecule has 0 fully saturated rings. The van der Waals surface area contributed by atoms with Crippen LogP contribution in [0.25, 0.3) is 5.57 Å². The van der Waals surface area contributed by atoms with E-state index >= 15 is 0 Å². The van der Waals surface area contributed by atoms with Gasteiger partial charge >= 0.3 is 0 Å². The lowest BCUT2D eigenvalue weighted by Crippen LogP contribution is -1.96. The van der Waals surface area contributed by atoms with Crippen molar-refractivity contribution in [1.29, 1.82) is 0 Å². The molecule has 0 radical (unpaired) electrons. The predicted octanol–water partition coefficient (Wildman–Crippen LogP) is 5.55. The average molecular weight is 262 g/mol. The van der Waals surface area contributed by atoms with E-state index in [1.807, 2.05) is 0 Å². The molecule has 0 amide bonds. The van der Waals surface area contributed by atoms with E-state index in [0.717, 1.165) is 0 Å². The number of hydrogen-bond acceptors (Lipinski definition) is 0. The van der Waals surface area contributed by atoms with Crippen molar-refractivity contribution < 1.29 is 0 Å². The van der Waals surface area contributed by atoms with Crippen molar-refractivity contribution in [2.45, 2.75) is 40.5 Å². The molecular weight excluding hydrogens is 240 g/mol. The number of benzene rings is 2. The Balaban J connectivity index is 2.28. The Bertz CT molecular complexity index is 717. The predicted molar refractivity (Wildman–Crippen MR) is 87.2 cm³/mol. The van der Waals surface area contributed by atoms with Gasteiger partial charge in [-0.05, 0) is 66.6 Å². The van der Waals surface area contributed by atoms with E-state index in [9.17, 15) is 0 Å². The van der Waals surface area contributed by atoms with E-state index < -0.39 is 0 Å². The number of rotatable bonds is 1. The van der Waals surface area contributed by atoms with Crippen LogP contribution in [0.4, 0.5) is 0 Å². The maximum atomic E-state index is 2.32. The molecule has 0 heterocycles. The summed E-state index contributed by atoms with van der Waals surface area (Å²) in [7, 11) is 0. The third-order valence-corrected chi connectivity index (χ3v) is 5.07. The van der Waals surface area contributed by atoms with Crippen molar-refractivity contribution in [3.63, 3.8) is 0 Å². The smallest absolute Gasteiger partial charge is 0.00326 e. The third kappa shape index (κ3) is 1.75. The monoisotopic (exact) mass is 262 g/mol. The normalized spacial score (nSPS) is 17.6. The number of fused-ring (bicyclic) bond motifs is 1. The molecule has 1 unspecified atom stereocenters. The zero-order valence-corrected chi connectivity index (χ0v) is 13.0. The van der Waals surface area contributed by atoms with Crippen molar-refractivity contribution in [1.82, 2.24) is 0 Å². The van der Waals surface area contributed by atoms with Crippen LogP contribution in [0, 0.1) is 20.8 Å². The van der Waals surface area contributed by atoms with E-state index in [1.165, 1.54) is 44.5 Å². The Hall–Kier alpha value is -1.82. The van der Waals surface area contributed by atoms with Crippen LogP contribution in [0.2, 0.25) is 0 Å². The summed E-state index contributed by atoms with van der Waals surface area (Å²) in [5, 5.41) is 0. The zero-order chi connectivity index (χ0) is 14.4. The molecule has 20 heavy (non-hydrogen) atoms. The lowest BCUT2D eigenvalue weighted by molar-refractivity contribution is 0.920. The molecule has 1 atom stereocenters. The molecular formula is C20H22. The van der Waals surface area contributed by atoms with Crippen molar-refractivity contribution in [3.05, 3.63) is 75.4 Å². The largest absolute Gasteiger partial charge is 0.0619 e. The van der Waals surface area contributed by atoms with Crippen LogP contribution in [0.3, 0.4) is 0 Å². The summed E-state index contributed by atoms with van der Waals surface area (Å²) in [4.78, 5) is 0. The van der Waals surface area contributed by atoms with Crippen molar-refractivity contribution in [2.75, 3.05) is 0 Å². The minimum Gasteiger partial charge on any atom is -0.0619 e. The second-order valence-corrected chi connectivity index (χ2v) is 6.05. The van der Waals surface area contributed by atoms with Crippen molar-refractivity contribution in [2.24, 2.45) is 0 Å². The lowest BCUT2D eigenvalue weighted by atomic mass is 9.90. The molecule has 3 rings (SSSR count). The molecule has 2 aromatic rings. The molecule has 1 aliphatic rings. The second kappa shape index (κ2) is 4.63. The highest BCUT2D eigenvalue weighted by atomic mass is 14.3. The van der Waals surface area contributed by atoms with Gasteiger partial charge in [-0.2, -0.15) is 0 Å². The van der Waals surface area contributed by atoms with Crippen LogP contribution in [-0.4, -0.2) is 0 Å². The highest BCUT2D eigenvalue weighted by Crippen LogP contribution is 2.45. The summed E-state index contributed by atoms with van der Waals surface area (Å²) in [6.07, 6.45) is 0. The summed E-state index contributed by atoms with van der Waals surface area (Å²) in [6.45, 7) is 11.3. The molecule has 1 aliphatic carbocycles. The Morgan fingerprint density at radius 3 is 2.20 bits per heavy atom. The van der Waals surface area contributed by atoms with Gasteiger partial charge in [0, 0.05) is 5.92 Å². The molecule has 0 saturated heterocycles. The van der Waals surface area contributed by atoms with Crippen LogP contribution >= 0.6 is 0 Å². The Labute approximate surface area is 122 Å². The molecule has 0 N–H and O–H groups in total. The van der Waals surface area contributed by atoms with Crippen LogP contribution in [0.15, 0.2) is 42.0 Å². The highest BCUT2D eigenvalue weighted by molar-refractivity contribution is 5.89. The van der Waals surface area contributed by atoms with Crippen molar-refractivity contribution >= 4 is 5.57 Å². The fraction of sp³-hybridized carbons (Fsp3) is 0.300. The van der Waals surface area contributed by atoms with Crippen LogP contribution in [0.1, 0.15) is 53.1 Å². The van der Waals surface area contributed by atoms with Gasteiger partial charge in [-0.25, -0.2) is 0 Å². The topological polar surface area (TPSA) is 0 Å². The van der Waals surface area contributed by atoms with Crippen LogP contribution < -0.4 is 0 Å². The number of aryl methyl sites for hydroxylation is 1. The molecule has 0 aliphatic heterocycles. The first-order chi connectivity index (χ1) is 9.52. The third-order valence-electron chi connectivity index (χ3n) is 5.07. The molecule has 0 saturated carbocycles. The van der Waals surface area contributed by atoms with Gasteiger partial charge in [0.25, 0.3) is 0 Å². The first-order valence-electron chi connectivity index (χ1n) is 7.39. The minimum absolute atomic E-state index is 0.530. The standard InChI is InChI=1S/C20H22/c1-12-10-11-18(14(3)13(12)2)20-16(5)15(4)17-8-6-7-9-19(17)20/h6-11,15H,1-5H3. The molecule has 0 heteroatoms. The second-order valence-electron chi connectivity index (χ2n) is 6.05.